The normalized spacial score (nSPS) is 14.4. The summed E-state index contributed by atoms with van der Waals surface area (Å²) < 4.78 is -1.62. The number of hydrogen-bond acceptors (Lipinski definition) is 1. The lowest BCUT2D eigenvalue weighted by Crippen LogP contribution is -2.24. The molecule has 0 radical (unpaired) electrons. The van der Waals surface area contributed by atoms with Crippen molar-refractivity contribution >= 4 is 40.9 Å². The molecule has 4 heteroatoms. The maximum Gasteiger partial charge on any atom is 0.216 e. The lowest BCUT2D eigenvalue weighted by Gasteiger charge is -2.16. The van der Waals surface area contributed by atoms with E-state index in [4.69, 9.17) is 34.8 Å². The molecule has 0 aromatic heterocycles. The van der Waals surface area contributed by atoms with E-state index >= 15 is 0 Å². The molecule has 0 amide bonds. The second-order valence-electron chi connectivity index (χ2n) is 3.11. The van der Waals surface area contributed by atoms with E-state index < -0.39 is 9.90 Å². The predicted octanol–water partition coefficient (Wildman–Crippen LogP) is 3.82. The molecular formula is C11H11Cl3O. The van der Waals surface area contributed by atoms with Crippen LogP contribution in [-0.4, -0.2) is 15.0 Å². The van der Waals surface area contributed by atoms with Gasteiger partial charge in [0.05, 0.1) is 0 Å². The van der Waals surface area contributed by atoms with Gasteiger partial charge < -0.3 is 5.11 Å². The molecule has 1 aromatic rings. The summed E-state index contributed by atoms with van der Waals surface area (Å²) >= 11 is 16.5. The molecule has 15 heavy (non-hydrogen) atoms. The van der Waals surface area contributed by atoms with Crippen LogP contribution in [-0.2, 0) is 0 Å². The van der Waals surface area contributed by atoms with Crippen LogP contribution in [0.5, 0.6) is 0 Å². The van der Waals surface area contributed by atoms with Gasteiger partial charge in [-0.25, -0.2) is 0 Å². The Bertz CT molecular complexity index is 316. The second-order valence-corrected chi connectivity index (χ2v) is 5.48. The molecular weight excluding hydrogens is 254 g/mol. The highest BCUT2D eigenvalue weighted by molar-refractivity contribution is 6.68. The monoisotopic (exact) mass is 264 g/mol. The van der Waals surface area contributed by atoms with Gasteiger partial charge in [0.1, 0.15) is 6.10 Å². The lowest BCUT2D eigenvalue weighted by molar-refractivity contribution is 0.182. The van der Waals surface area contributed by atoms with Crippen molar-refractivity contribution in [1.29, 1.82) is 0 Å². The standard InChI is InChI=1S/C11H11Cl3O/c12-11(13,14)10(15)8-4-7-9-5-2-1-3-6-9/h1-7,10,15H,8H2. The van der Waals surface area contributed by atoms with Crippen LogP contribution in [0.4, 0.5) is 0 Å². The topological polar surface area (TPSA) is 20.2 Å². The molecule has 1 rings (SSSR count). The quantitative estimate of drug-likeness (QED) is 0.824. The van der Waals surface area contributed by atoms with E-state index in [2.05, 4.69) is 0 Å². The highest BCUT2D eigenvalue weighted by Gasteiger charge is 2.29. The minimum Gasteiger partial charge on any atom is -0.388 e. The van der Waals surface area contributed by atoms with Crippen molar-refractivity contribution < 1.29 is 5.11 Å². The van der Waals surface area contributed by atoms with Crippen LogP contribution in [0, 0.1) is 0 Å². The highest BCUT2D eigenvalue weighted by atomic mass is 35.6. The largest absolute Gasteiger partial charge is 0.388 e. The maximum absolute atomic E-state index is 9.42. The number of rotatable bonds is 3. The molecule has 0 fully saturated rings. The summed E-state index contributed by atoms with van der Waals surface area (Å²) in [6, 6.07) is 9.72. The molecule has 1 atom stereocenters. The summed E-state index contributed by atoms with van der Waals surface area (Å²) in [4.78, 5) is 0. The van der Waals surface area contributed by atoms with E-state index in [-0.39, 0.29) is 0 Å². The molecule has 0 aliphatic carbocycles. The first kappa shape index (κ1) is 12.9. The van der Waals surface area contributed by atoms with Gasteiger partial charge in [-0.15, -0.1) is 0 Å². The third kappa shape index (κ3) is 4.89. The third-order valence-corrected chi connectivity index (χ3v) is 2.60. The Balaban J connectivity index is 2.48. The van der Waals surface area contributed by atoms with Crippen LogP contribution < -0.4 is 0 Å². The second kappa shape index (κ2) is 5.76. The van der Waals surface area contributed by atoms with Crippen molar-refractivity contribution in [3.05, 3.63) is 42.0 Å². The van der Waals surface area contributed by atoms with Gasteiger partial charge in [-0.3, -0.25) is 0 Å². The number of aliphatic hydroxyl groups is 1. The molecule has 1 nitrogen and oxygen atoms in total. The van der Waals surface area contributed by atoms with E-state index in [9.17, 15) is 5.11 Å². The van der Waals surface area contributed by atoms with Crippen molar-refractivity contribution in [2.24, 2.45) is 0 Å². The molecule has 0 bridgehead atoms. The van der Waals surface area contributed by atoms with Gasteiger partial charge in [0.15, 0.2) is 0 Å². The van der Waals surface area contributed by atoms with Crippen LogP contribution in [0.3, 0.4) is 0 Å². The molecule has 1 N–H and O–H groups in total. The van der Waals surface area contributed by atoms with E-state index in [0.717, 1.165) is 5.56 Å². The van der Waals surface area contributed by atoms with Gasteiger partial charge >= 0.3 is 0 Å². The summed E-state index contributed by atoms with van der Waals surface area (Å²) in [5, 5.41) is 9.42. The first-order valence-corrected chi connectivity index (χ1v) is 5.60. The first-order valence-electron chi connectivity index (χ1n) is 4.46. The molecule has 0 heterocycles. The molecule has 1 aromatic carbocycles. The molecule has 0 spiro atoms. The Labute approximate surface area is 104 Å². The Morgan fingerprint density at radius 3 is 2.33 bits per heavy atom. The first-order chi connectivity index (χ1) is 7.00. The average Bonchev–Trinajstić information content (AvgIpc) is 2.18. The Morgan fingerprint density at radius 1 is 1.20 bits per heavy atom. The summed E-state index contributed by atoms with van der Waals surface area (Å²) in [5.74, 6) is 0. The van der Waals surface area contributed by atoms with Crippen LogP contribution >= 0.6 is 34.8 Å². The summed E-state index contributed by atoms with van der Waals surface area (Å²) in [6.07, 6.45) is 2.98. The zero-order valence-corrected chi connectivity index (χ0v) is 10.2. The van der Waals surface area contributed by atoms with Gasteiger partial charge in [0, 0.05) is 0 Å². The maximum atomic E-state index is 9.42. The lowest BCUT2D eigenvalue weighted by atomic mass is 10.2. The van der Waals surface area contributed by atoms with Crippen molar-refractivity contribution in [1.82, 2.24) is 0 Å². The van der Waals surface area contributed by atoms with Crippen molar-refractivity contribution in [2.75, 3.05) is 0 Å². The fourth-order valence-corrected chi connectivity index (χ4v) is 1.30. The van der Waals surface area contributed by atoms with Gasteiger partial charge in [0.25, 0.3) is 0 Å². The highest BCUT2D eigenvalue weighted by Crippen LogP contribution is 2.31. The van der Waals surface area contributed by atoms with Gasteiger partial charge in [-0.1, -0.05) is 77.3 Å². The zero-order chi connectivity index (χ0) is 11.3. The Hall–Kier alpha value is -0.210. The van der Waals surface area contributed by atoms with E-state index in [1.165, 1.54) is 0 Å². The number of halogens is 3. The molecule has 0 saturated carbocycles. The smallest absolute Gasteiger partial charge is 0.216 e. The molecule has 0 aliphatic rings. The fourth-order valence-electron chi connectivity index (χ4n) is 1.03. The van der Waals surface area contributed by atoms with Gasteiger partial charge in [-0.2, -0.15) is 0 Å². The molecule has 0 saturated heterocycles. The molecule has 1 unspecified atom stereocenters. The van der Waals surface area contributed by atoms with Crippen LogP contribution in [0.2, 0.25) is 0 Å². The molecule has 82 valence electrons. The third-order valence-electron chi connectivity index (χ3n) is 1.85. The van der Waals surface area contributed by atoms with Crippen molar-refractivity contribution in [2.45, 2.75) is 16.3 Å². The SMILES string of the molecule is OC(CC=Cc1ccccc1)C(Cl)(Cl)Cl. The minimum absolute atomic E-state index is 0.311. The summed E-state index contributed by atoms with van der Waals surface area (Å²) in [6.45, 7) is 0. The Kier molecular flexibility index (Phi) is 4.94. The van der Waals surface area contributed by atoms with Crippen molar-refractivity contribution in [3.8, 4) is 0 Å². The number of aliphatic hydroxyl groups excluding tert-OH is 1. The average molecular weight is 266 g/mol. The minimum atomic E-state index is -1.62. The van der Waals surface area contributed by atoms with Crippen LogP contribution in [0.1, 0.15) is 12.0 Å². The van der Waals surface area contributed by atoms with E-state index in [1.807, 2.05) is 36.4 Å². The fraction of sp³-hybridized carbons (Fsp3) is 0.273. The van der Waals surface area contributed by atoms with Crippen LogP contribution in [0.25, 0.3) is 6.08 Å². The van der Waals surface area contributed by atoms with Gasteiger partial charge in [0.2, 0.25) is 3.79 Å². The predicted molar refractivity (Wildman–Crippen MR) is 66.4 cm³/mol. The number of alkyl halides is 3. The zero-order valence-electron chi connectivity index (χ0n) is 7.91. The number of hydrogen-bond donors (Lipinski definition) is 1. The van der Waals surface area contributed by atoms with Crippen molar-refractivity contribution in [3.63, 3.8) is 0 Å². The van der Waals surface area contributed by atoms with Gasteiger partial charge in [-0.05, 0) is 12.0 Å². The summed E-state index contributed by atoms with van der Waals surface area (Å²) in [7, 11) is 0. The Morgan fingerprint density at radius 2 is 1.80 bits per heavy atom. The van der Waals surface area contributed by atoms with E-state index in [0.29, 0.717) is 6.42 Å². The molecule has 0 aliphatic heterocycles. The summed E-state index contributed by atoms with van der Waals surface area (Å²) in [5.41, 5.74) is 1.05. The number of benzene rings is 1. The van der Waals surface area contributed by atoms with Crippen LogP contribution in [0.15, 0.2) is 36.4 Å². The van der Waals surface area contributed by atoms with E-state index in [1.54, 1.807) is 6.08 Å².